The number of rotatable bonds is 6. The number of carbonyl (C=O) groups is 1. The third kappa shape index (κ3) is 4.43. The van der Waals surface area contributed by atoms with Crippen LogP contribution in [0.2, 0.25) is 0 Å². The number of sulfonamides is 1. The summed E-state index contributed by atoms with van der Waals surface area (Å²) in [7, 11) is -0.870. The number of amides is 1. The minimum absolute atomic E-state index is 0.00323. The van der Waals surface area contributed by atoms with E-state index < -0.39 is 10.0 Å². The van der Waals surface area contributed by atoms with Gasteiger partial charge in [0.1, 0.15) is 16.4 Å². The average Bonchev–Trinajstić information content (AvgIpc) is 3.12. The van der Waals surface area contributed by atoms with Crippen molar-refractivity contribution in [2.24, 2.45) is 0 Å². The molecule has 9 heteroatoms. The van der Waals surface area contributed by atoms with E-state index in [-0.39, 0.29) is 36.1 Å². The van der Waals surface area contributed by atoms with Crippen molar-refractivity contribution in [3.8, 4) is 11.5 Å². The minimum Gasteiger partial charge on any atom is -0.497 e. The zero-order valence-corrected chi connectivity index (χ0v) is 20.2. The predicted molar refractivity (Wildman–Crippen MR) is 126 cm³/mol. The highest BCUT2D eigenvalue weighted by molar-refractivity contribution is 7.89. The summed E-state index contributed by atoms with van der Waals surface area (Å²) in [5.41, 5.74) is 4.14. The summed E-state index contributed by atoms with van der Waals surface area (Å²) < 4.78 is 38.4. The maximum absolute atomic E-state index is 13.3. The van der Waals surface area contributed by atoms with Crippen LogP contribution in [0.15, 0.2) is 41.3 Å². The molecule has 2 heterocycles. The molecule has 3 aromatic rings. The van der Waals surface area contributed by atoms with Crippen molar-refractivity contribution in [2.75, 3.05) is 40.4 Å². The van der Waals surface area contributed by atoms with Crippen LogP contribution in [0.5, 0.6) is 11.5 Å². The van der Waals surface area contributed by atoms with Crippen molar-refractivity contribution in [2.45, 2.75) is 25.2 Å². The van der Waals surface area contributed by atoms with E-state index in [1.807, 2.05) is 26.0 Å². The van der Waals surface area contributed by atoms with Crippen molar-refractivity contribution < 1.29 is 22.7 Å². The molecule has 1 aliphatic heterocycles. The number of carbonyl (C=O) groups excluding carboxylic acids is 1. The van der Waals surface area contributed by atoms with Crippen LogP contribution in [0.4, 0.5) is 0 Å². The summed E-state index contributed by atoms with van der Waals surface area (Å²) in [6, 6.07) is 10.9. The molecule has 1 aliphatic rings. The van der Waals surface area contributed by atoms with Gasteiger partial charge in [-0.2, -0.15) is 4.31 Å². The Morgan fingerprint density at radius 1 is 1.00 bits per heavy atom. The van der Waals surface area contributed by atoms with E-state index in [1.54, 1.807) is 17.0 Å². The third-order valence-corrected chi connectivity index (χ3v) is 8.10. The topological polar surface area (TPSA) is 91.9 Å². The summed E-state index contributed by atoms with van der Waals surface area (Å²) in [6.07, 6.45) is 0.283. The number of fused-ring (bicyclic) bond motifs is 1. The molecule has 2 aromatic carbocycles. The Bertz CT molecular complexity index is 1290. The van der Waals surface area contributed by atoms with Crippen LogP contribution in [0.25, 0.3) is 10.9 Å². The first-order chi connectivity index (χ1) is 15.7. The third-order valence-electron chi connectivity index (χ3n) is 6.18. The summed E-state index contributed by atoms with van der Waals surface area (Å²) >= 11 is 0. The second-order valence-corrected chi connectivity index (χ2v) is 10.2. The summed E-state index contributed by atoms with van der Waals surface area (Å²) in [5, 5.41) is 1.06. The molecule has 8 nitrogen and oxygen atoms in total. The molecule has 0 saturated carbocycles. The largest absolute Gasteiger partial charge is 0.497 e. The second kappa shape index (κ2) is 9.07. The molecule has 1 N–H and O–H groups in total. The molecule has 0 unspecified atom stereocenters. The van der Waals surface area contributed by atoms with Crippen LogP contribution in [0, 0.1) is 13.8 Å². The van der Waals surface area contributed by atoms with Gasteiger partial charge in [-0.25, -0.2) is 8.42 Å². The SMILES string of the molecule is COc1ccc(OC)c(S(=O)(=O)N2CCN(C(=O)Cc3c(C)[nH]c4ccc(C)cc34)CC2)c1. The van der Waals surface area contributed by atoms with Gasteiger partial charge >= 0.3 is 0 Å². The summed E-state index contributed by atoms with van der Waals surface area (Å²) in [5.74, 6) is 0.698. The van der Waals surface area contributed by atoms with Gasteiger partial charge in [-0.1, -0.05) is 11.6 Å². The van der Waals surface area contributed by atoms with Crippen LogP contribution in [0.3, 0.4) is 0 Å². The molecule has 4 rings (SSSR count). The molecule has 1 amide bonds. The first kappa shape index (κ1) is 23.1. The van der Waals surface area contributed by atoms with E-state index in [9.17, 15) is 13.2 Å². The summed E-state index contributed by atoms with van der Waals surface area (Å²) in [6.45, 7) is 5.13. The number of benzene rings is 2. The monoisotopic (exact) mass is 471 g/mol. The van der Waals surface area contributed by atoms with Crippen LogP contribution >= 0.6 is 0 Å². The lowest BCUT2D eigenvalue weighted by Crippen LogP contribution is -2.50. The van der Waals surface area contributed by atoms with Crippen LogP contribution < -0.4 is 9.47 Å². The van der Waals surface area contributed by atoms with Gasteiger partial charge in [0.15, 0.2) is 0 Å². The van der Waals surface area contributed by atoms with E-state index in [2.05, 4.69) is 11.1 Å². The standard InChI is InChI=1S/C24H29N3O5S/c1-16-5-7-21-20(13-16)19(17(2)25-21)15-24(28)26-9-11-27(12-10-26)33(29,30)23-14-18(31-3)6-8-22(23)32-4/h5-8,13-14,25H,9-12,15H2,1-4H3. The molecule has 1 fully saturated rings. The zero-order valence-electron chi connectivity index (χ0n) is 19.3. The van der Waals surface area contributed by atoms with Gasteiger partial charge in [0.2, 0.25) is 15.9 Å². The van der Waals surface area contributed by atoms with Gasteiger partial charge in [0.25, 0.3) is 0 Å². The fourth-order valence-corrected chi connectivity index (χ4v) is 5.88. The van der Waals surface area contributed by atoms with Crippen LogP contribution in [-0.4, -0.2) is 68.9 Å². The number of aromatic nitrogens is 1. The Labute approximate surface area is 194 Å². The molecule has 0 radical (unpaired) electrons. The molecular weight excluding hydrogens is 442 g/mol. The van der Waals surface area contributed by atoms with E-state index >= 15 is 0 Å². The quantitative estimate of drug-likeness (QED) is 0.597. The first-order valence-corrected chi connectivity index (χ1v) is 12.3. The lowest BCUT2D eigenvalue weighted by molar-refractivity contribution is -0.131. The van der Waals surface area contributed by atoms with Crippen molar-refractivity contribution in [1.29, 1.82) is 0 Å². The number of H-pyrrole nitrogens is 1. The average molecular weight is 472 g/mol. The van der Waals surface area contributed by atoms with E-state index in [4.69, 9.17) is 9.47 Å². The molecule has 1 aromatic heterocycles. The molecule has 0 aliphatic carbocycles. The van der Waals surface area contributed by atoms with Gasteiger partial charge in [-0.3, -0.25) is 4.79 Å². The molecular formula is C24H29N3O5S. The smallest absolute Gasteiger partial charge is 0.247 e. The number of hydrogen-bond acceptors (Lipinski definition) is 5. The summed E-state index contributed by atoms with van der Waals surface area (Å²) in [4.78, 5) is 18.2. The number of ether oxygens (including phenoxy) is 2. The van der Waals surface area contributed by atoms with Crippen molar-refractivity contribution >= 4 is 26.8 Å². The zero-order chi connectivity index (χ0) is 23.8. The second-order valence-electron chi connectivity index (χ2n) is 8.26. The van der Waals surface area contributed by atoms with Gasteiger partial charge in [0.05, 0.1) is 20.6 Å². The lowest BCUT2D eigenvalue weighted by Gasteiger charge is -2.34. The van der Waals surface area contributed by atoms with E-state index in [0.29, 0.717) is 18.8 Å². The predicted octanol–water partition coefficient (Wildman–Crippen LogP) is 2.88. The number of hydrogen-bond donors (Lipinski definition) is 1. The Balaban J connectivity index is 1.48. The number of aromatic amines is 1. The van der Waals surface area contributed by atoms with Gasteiger partial charge in [-0.15, -0.1) is 0 Å². The maximum atomic E-state index is 13.3. The number of piperazine rings is 1. The van der Waals surface area contributed by atoms with Gasteiger partial charge in [-0.05, 0) is 43.7 Å². The number of nitrogens with zero attached hydrogens (tertiary/aromatic N) is 2. The van der Waals surface area contributed by atoms with E-state index in [1.165, 1.54) is 24.6 Å². The molecule has 0 bridgehead atoms. The van der Waals surface area contributed by atoms with E-state index in [0.717, 1.165) is 27.7 Å². The molecule has 0 atom stereocenters. The van der Waals surface area contributed by atoms with Gasteiger partial charge < -0.3 is 19.4 Å². The Hall–Kier alpha value is -3.04. The molecule has 33 heavy (non-hydrogen) atoms. The maximum Gasteiger partial charge on any atom is 0.247 e. The molecule has 176 valence electrons. The Morgan fingerprint density at radius 2 is 1.73 bits per heavy atom. The number of nitrogens with one attached hydrogen (secondary N) is 1. The van der Waals surface area contributed by atoms with Crippen molar-refractivity contribution in [3.05, 3.63) is 53.2 Å². The van der Waals surface area contributed by atoms with Crippen LogP contribution in [-0.2, 0) is 21.2 Å². The van der Waals surface area contributed by atoms with Crippen LogP contribution in [0.1, 0.15) is 16.8 Å². The van der Waals surface area contributed by atoms with Crippen molar-refractivity contribution in [1.82, 2.24) is 14.2 Å². The Morgan fingerprint density at radius 3 is 2.39 bits per heavy atom. The van der Waals surface area contributed by atoms with Gasteiger partial charge in [0, 0.05) is 48.8 Å². The fraction of sp³-hybridized carbons (Fsp3) is 0.375. The highest BCUT2D eigenvalue weighted by Crippen LogP contribution is 2.31. The Kier molecular flexibility index (Phi) is 6.36. The highest BCUT2D eigenvalue weighted by Gasteiger charge is 2.32. The fourth-order valence-electron chi connectivity index (χ4n) is 4.29. The minimum atomic E-state index is -3.79. The first-order valence-electron chi connectivity index (χ1n) is 10.8. The highest BCUT2D eigenvalue weighted by atomic mass is 32.2. The molecule has 1 saturated heterocycles. The molecule has 0 spiro atoms. The van der Waals surface area contributed by atoms with Crippen molar-refractivity contribution in [3.63, 3.8) is 0 Å². The lowest BCUT2D eigenvalue weighted by atomic mass is 10.0. The number of methoxy groups -OCH3 is 2. The normalized spacial score (nSPS) is 15.1. The number of aryl methyl sites for hydroxylation is 2.